The molecule has 0 amide bonds. The summed E-state index contributed by atoms with van der Waals surface area (Å²) in [5.41, 5.74) is 1.99. The third-order valence-corrected chi connectivity index (χ3v) is 5.42. The maximum Gasteiger partial charge on any atom is 0.335 e. The lowest BCUT2D eigenvalue weighted by atomic mass is 10.2. The highest BCUT2D eigenvalue weighted by molar-refractivity contribution is 9.10. The van der Waals surface area contributed by atoms with Gasteiger partial charge in [-0.25, -0.2) is 9.48 Å². The molecule has 0 aliphatic rings. The molecule has 138 valence electrons. The van der Waals surface area contributed by atoms with Gasteiger partial charge in [-0.15, -0.1) is 5.10 Å². The van der Waals surface area contributed by atoms with Crippen LogP contribution in [0.2, 0.25) is 0 Å². The number of benzene rings is 2. The van der Waals surface area contributed by atoms with Gasteiger partial charge in [-0.05, 0) is 54.6 Å². The lowest BCUT2D eigenvalue weighted by Gasteiger charge is -2.05. The van der Waals surface area contributed by atoms with E-state index < -0.39 is 5.97 Å². The van der Waals surface area contributed by atoms with Crippen LogP contribution in [0.25, 0.3) is 17.1 Å². The summed E-state index contributed by atoms with van der Waals surface area (Å²) < 4.78 is 2.69. The number of hydrogen-bond acceptors (Lipinski definition) is 5. The third-order valence-electron chi connectivity index (χ3n) is 3.89. The first-order valence-corrected chi connectivity index (χ1v) is 9.85. The van der Waals surface area contributed by atoms with Crippen molar-refractivity contribution in [1.29, 1.82) is 0 Å². The molecule has 1 N–H and O–H groups in total. The minimum absolute atomic E-state index is 0.160. The number of carbonyl (C=O) groups is 1. The van der Waals surface area contributed by atoms with Gasteiger partial charge < -0.3 is 5.11 Å². The summed E-state index contributed by atoms with van der Waals surface area (Å²) >= 11 is 5.09. The summed E-state index contributed by atoms with van der Waals surface area (Å²) in [4.78, 5) is 17.5. The molecule has 0 radical (unpaired) electrons. The summed E-state index contributed by atoms with van der Waals surface area (Å²) in [7, 11) is 0. The van der Waals surface area contributed by atoms with E-state index in [2.05, 4.69) is 43.4 Å². The zero-order chi connectivity index (χ0) is 19.5. The van der Waals surface area contributed by atoms with Crippen molar-refractivity contribution >= 4 is 33.7 Å². The van der Waals surface area contributed by atoms with E-state index in [0.29, 0.717) is 11.4 Å². The number of aromatic nitrogens is 4. The molecule has 0 aliphatic carbocycles. The summed E-state index contributed by atoms with van der Waals surface area (Å²) in [6.45, 7) is 0. The van der Waals surface area contributed by atoms with E-state index in [1.807, 2.05) is 36.4 Å². The van der Waals surface area contributed by atoms with Crippen LogP contribution in [0.4, 0.5) is 0 Å². The lowest BCUT2D eigenvalue weighted by Crippen LogP contribution is -1.97. The normalized spacial score (nSPS) is 10.8. The summed E-state index contributed by atoms with van der Waals surface area (Å²) in [6.07, 6.45) is 3.19. The standard InChI is InChI=1S/C20H13BrN4O2S/c21-14-4-6-16(7-5-14)28-17-3-1-2-15(11-17)25-12-19(23-24-25)18-10-13(20(26)27)8-9-22-18/h1-12H,(H,26,27). The lowest BCUT2D eigenvalue weighted by molar-refractivity contribution is 0.0697. The molecule has 0 saturated heterocycles. The van der Waals surface area contributed by atoms with Crippen LogP contribution < -0.4 is 0 Å². The van der Waals surface area contributed by atoms with Crippen molar-refractivity contribution in [3.05, 3.63) is 83.1 Å². The Balaban J connectivity index is 1.59. The second kappa shape index (κ2) is 7.95. The zero-order valence-electron chi connectivity index (χ0n) is 14.4. The van der Waals surface area contributed by atoms with E-state index in [4.69, 9.17) is 5.11 Å². The molecule has 6 nitrogen and oxygen atoms in total. The molecule has 2 heterocycles. The monoisotopic (exact) mass is 452 g/mol. The van der Waals surface area contributed by atoms with Gasteiger partial charge in [0.05, 0.1) is 23.1 Å². The predicted molar refractivity (Wildman–Crippen MR) is 110 cm³/mol. The van der Waals surface area contributed by atoms with Gasteiger partial charge in [0.1, 0.15) is 5.69 Å². The summed E-state index contributed by atoms with van der Waals surface area (Å²) in [5.74, 6) is -1.01. The number of carboxylic acid groups (broad SMARTS) is 1. The number of nitrogens with zero attached hydrogens (tertiary/aromatic N) is 4. The molecule has 0 spiro atoms. The van der Waals surface area contributed by atoms with E-state index >= 15 is 0 Å². The minimum atomic E-state index is -1.01. The topological polar surface area (TPSA) is 80.9 Å². The van der Waals surface area contributed by atoms with Crippen molar-refractivity contribution < 1.29 is 9.90 Å². The Morgan fingerprint density at radius 2 is 1.82 bits per heavy atom. The van der Waals surface area contributed by atoms with E-state index in [9.17, 15) is 4.79 Å². The largest absolute Gasteiger partial charge is 0.478 e. The van der Waals surface area contributed by atoms with Crippen LogP contribution in [-0.4, -0.2) is 31.1 Å². The zero-order valence-corrected chi connectivity index (χ0v) is 16.8. The molecule has 2 aromatic carbocycles. The van der Waals surface area contributed by atoms with Crippen LogP contribution in [0, 0.1) is 0 Å². The van der Waals surface area contributed by atoms with E-state index in [1.54, 1.807) is 22.6 Å². The van der Waals surface area contributed by atoms with Crippen LogP contribution in [0.1, 0.15) is 10.4 Å². The first-order valence-electron chi connectivity index (χ1n) is 8.24. The van der Waals surface area contributed by atoms with Crippen LogP contribution in [-0.2, 0) is 0 Å². The maximum absolute atomic E-state index is 11.1. The van der Waals surface area contributed by atoms with E-state index in [0.717, 1.165) is 20.0 Å². The van der Waals surface area contributed by atoms with Crippen molar-refractivity contribution in [2.75, 3.05) is 0 Å². The molecular formula is C20H13BrN4O2S. The molecule has 4 rings (SSSR count). The van der Waals surface area contributed by atoms with Crippen LogP contribution in [0.3, 0.4) is 0 Å². The average molecular weight is 453 g/mol. The van der Waals surface area contributed by atoms with Gasteiger partial charge in [0.15, 0.2) is 0 Å². The van der Waals surface area contributed by atoms with Crippen molar-refractivity contribution in [3.8, 4) is 17.1 Å². The molecule has 0 saturated carbocycles. The van der Waals surface area contributed by atoms with Gasteiger partial charge in [-0.3, -0.25) is 4.98 Å². The molecular weight excluding hydrogens is 440 g/mol. The van der Waals surface area contributed by atoms with Crippen molar-refractivity contribution in [2.24, 2.45) is 0 Å². The van der Waals surface area contributed by atoms with Gasteiger partial charge in [-0.1, -0.05) is 39.0 Å². The highest BCUT2D eigenvalue weighted by Gasteiger charge is 2.10. The molecule has 8 heteroatoms. The Labute approximate surface area is 173 Å². The second-order valence-electron chi connectivity index (χ2n) is 5.84. The first kappa shape index (κ1) is 18.4. The Morgan fingerprint density at radius 3 is 2.61 bits per heavy atom. The molecule has 0 unspecified atom stereocenters. The van der Waals surface area contributed by atoms with Gasteiger partial charge in [0.2, 0.25) is 0 Å². The molecule has 0 bridgehead atoms. The highest BCUT2D eigenvalue weighted by Crippen LogP contribution is 2.30. The van der Waals surface area contributed by atoms with E-state index in [-0.39, 0.29) is 5.56 Å². The predicted octanol–water partition coefficient (Wildman–Crippen LogP) is 4.94. The summed E-state index contributed by atoms with van der Waals surface area (Å²) in [6, 6.07) is 19.0. The highest BCUT2D eigenvalue weighted by atomic mass is 79.9. The minimum Gasteiger partial charge on any atom is -0.478 e. The molecule has 0 atom stereocenters. The van der Waals surface area contributed by atoms with Gasteiger partial charge in [0, 0.05) is 20.5 Å². The van der Waals surface area contributed by atoms with Gasteiger partial charge >= 0.3 is 5.97 Å². The quantitative estimate of drug-likeness (QED) is 0.461. The molecule has 28 heavy (non-hydrogen) atoms. The maximum atomic E-state index is 11.1. The SMILES string of the molecule is O=C(O)c1ccnc(-c2cn(-c3cccc(Sc4ccc(Br)cc4)c3)nn2)c1. The van der Waals surface area contributed by atoms with Gasteiger partial charge in [-0.2, -0.15) is 0 Å². The fraction of sp³-hybridized carbons (Fsp3) is 0. The number of rotatable bonds is 5. The molecule has 0 aliphatic heterocycles. The van der Waals surface area contributed by atoms with Crippen LogP contribution in [0.15, 0.2) is 87.3 Å². The number of carboxylic acids is 1. The van der Waals surface area contributed by atoms with Crippen molar-refractivity contribution in [2.45, 2.75) is 9.79 Å². The fourth-order valence-electron chi connectivity index (χ4n) is 2.54. The Kier molecular flexibility index (Phi) is 5.23. The molecule has 0 fully saturated rings. The smallest absolute Gasteiger partial charge is 0.335 e. The first-order chi connectivity index (χ1) is 13.6. The van der Waals surface area contributed by atoms with Crippen molar-refractivity contribution in [1.82, 2.24) is 20.0 Å². The van der Waals surface area contributed by atoms with Crippen LogP contribution >= 0.6 is 27.7 Å². The van der Waals surface area contributed by atoms with Gasteiger partial charge in [0.25, 0.3) is 0 Å². The Hall–Kier alpha value is -2.97. The molecule has 4 aromatic rings. The van der Waals surface area contributed by atoms with Crippen molar-refractivity contribution in [3.63, 3.8) is 0 Å². The Morgan fingerprint density at radius 1 is 1.00 bits per heavy atom. The number of aromatic carboxylic acids is 1. The number of hydrogen-bond donors (Lipinski definition) is 1. The number of pyridine rings is 1. The Bertz CT molecular complexity index is 1140. The average Bonchev–Trinajstić information content (AvgIpc) is 3.20. The number of halogens is 1. The molecule has 2 aromatic heterocycles. The summed E-state index contributed by atoms with van der Waals surface area (Å²) in [5, 5.41) is 17.4. The van der Waals surface area contributed by atoms with Crippen LogP contribution in [0.5, 0.6) is 0 Å². The fourth-order valence-corrected chi connectivity index (χ4v) is 3.67. The van der Waals surface area contributed by atoms with E-state index in [1.165, 1.54) is 18.3 Å². The third kappa shape index (κ3) is 4.13. The second-order valence-corrected chi connectivity index (χ2v) is 7.90.